The first kappa shape index (κ1) is 17.7. The number of nitrogens with one attached hydrogen (secondary N) is 2. The van der Waals surface area contributed by atoms with Gasteiger partial charge in [0, 0.05) is 22.5 Å². The Morgan fingerprint density at radius 1 is 1.08 bits per heavy atom. The molecule has 1 amide bonds. The fraction of sp³-hybridized carbons (Fsp3) is 0.105. The van der Waals surface area contributed by atoms with Crippen LogP contribution in [-0.2, 0) is 0 Å². The monoisotopic (exact) mass is 368 g/mol. The van der Waals surface area contributed by atoms with Gasteiger partial charge in [-0.15, -0.1) is 10.2 Å². The Kier molecular flexibility index (Phi) is 5.34. The van der Waals surface area contributed by atoms with Gasteiger partial charge in [0.1, 0.15) is 5.75 Å². The first-order valence-electron chi connectivity index (χ1n) is 7.87. The molecule has 7 heteroatoms. The van der Waals surface area contributed by atoms with Crippen LogP contribution in [0.25, 0.3) is 0 Å². The van der Waals surface area contributed by atoms with Gasteiger partial charge < -0.3 is 15.4 Å². The number of anilines is 3. The molecule has 0 aliphatic heterocycles. The lowest BCUT2D eigenvalue weighted by atomic mass is 10.2. The number of carbonyl (C=O) groups excluding carboxylic acids is 1. The number of rotatable bonds is 5. The van der Waals surface area contributed by atoms with Crippen LogP contribution in [0.15, 0.2) is 54.6 Å². The van der Waals surface area contributed by atoms with E-state index >= 15 is 0 Å². The normalized spacial score (nSPS) is 10.3. The van der Waals surface area contributed by atoms with E-state index in [0.717, 1.165) is 17.0 Å². The topological polar surface area (TPSA) is 76.1 Å². The van der Waals surface area contributed by atoms with Crippen molar-refractivity contribution in [2.75, 3.05) is 17.7 Å². The van der Waals surface area contributed by atoms with Crippen molar-refractivity contribution in [1.82, 2.24) is 10.2 Å². The molecule has 0 aliphatic carbocycles. The summed E-state index contributed by atoms with van der Waals surface area (Å²) in [5, 5.41) is 14.6. The number of amides is 1. The van der Waals surface area contributed by atoms with E-state index in [9.17, 15) is 4.79 Å². The Hall–Kier alpha value is -3.12. The van der Waals surface area contributed by atoms with Crippen molar-refractivity contribution in [1.29, 1.82) is 0 Å². The molecule has 2 aromatic carbocycles. The second-order valence-electron chi connectivity index (χ2n) is 5.57. The standard InChI is InChI=1S/C19H17ClN4O2/c1-12-10-13(20)6-7-16(12)22-19(25)17-8-9-18(24-23-17)21-14-4-3-5-15(11-14)26-2/h3-11H,1-2H3,(H,21,24)(H,22,25). The molecule has 0 unspecified atom stereocenters. The van der Waals surface area contributed by atoms with Crippen molar-refractivity contribution >= 4 is 34.7 Å². The predicted molar refractivity (Wildman–Crippen MR) is 102 cm³/mol. The number of nitrogens with zero attached hydrogens (tertiary/aromatic N) is 2. The van der Waals surface area contributed by atoms with E-state index in [0.29, 0.717) is 16.5 Å². The van der Waals surface area contributed by atoms with Gasteiger partial charge in [-0.2, -0.15) is 0 Å². The Morgan fingerprint density at radius 2 is 1.92 bits per heavy atom. The molecule has 0 fully saturated rings. The van der Waals surface area contributed by atoms with E-state index in [4.69, 9.17) is 16.3 Å². The zero-order chi connectivity index (χ0) is 18.5. The van der Waals surface area contributed by atoms with Crippen LogP contribution in [0.3, 0.4) is 0 Å². The van der Waals surface area contributed by atoms with Crippen LogP contribution in [0, 0.1) is 6.92 Å². The van der Waals surface area contributed by atoms with Crippen molar-refractivity contribution in [2.45, 2.75) is 6.92 Å². The zero-order valence-corrected chi connectivity index (χ0v) is 15.0. The molecule has 0 bridgehead atoms. The van der Waals surface area contributed by atoms with Crippen LogP contribution in [0.1, 0.15) is 16.1 Å². The largest absolute Gasteiger partial charge is 0.497 e. The lowest BCUT2D eigenvalue weighted by Gasteiger charge is -2.09. The molecule has 0 saturated carbocycles. The number of methoxy groups -OCH3 is 1. The Bertz CT molecular complexity index is 929. The number of hydrogen-bond acceptors (Lipinski definition) is 5. The quantitative estimate of drug-likeness (QED) is 0.696. The van der Waals surface area contributed by atoms with Crippen LogP contribution >= 0.6 is 11.6 Å². The van der Waals surface area contributed by atoms with Gasteiger partial charge >= 0.3 is 0 Å². The molecule has 1 aromatic heterocycles. The fourth-order valence-electron chi connectivity index (χ4n) is 2.32. The van der Waals surface area contributed by atoms with Crippen molar-refractivity contribution in [3.05, 3.63) is 70.9 Å². The van der Waals surface area contributed by atoms with E-state index in [1.807, 2.05) is 31.2 Å². The number of halogens is 1. The molecule has 0 aliphatic rings. The summed E-state index contributed by atoms with van der Waals surface area (Å²) in [6.07, 6.45) is 0. The molecule has 0 radical (unpaired) electrons. The number of ether oxygens (including phenoxy) is 1. The number of carbonyl (C=O) groups is 1. The van der Waals surface area contributed by atoms with E-state index in [1.165, 1.54) is 0 Å². The number of hydrogen-bond donors (Lipinski definition) is 2. The molecule has 6 nitrogen and oxygen atoms in total. The maximum absolute atomic E-state index is 12.3. The lowest BCUT2D eigenvalue weighted by molar-refractivity contribution is 0.102. The van der Waals surface area contributed by atoms with E-state index < -0.39 is 0 Å². The summed E-state index contributed by atoms with van der Waals surface area (Å²) in [7, 11) is 1.61. The molecular weight excluding hydrogens is 352 g/mol. The third-order valence-corrected chi connectivity index (χ3v) is 3.91. The van der Waals surface area contributed by atoms with Gasteiger partial charge in [-0.25, -0.2) is 0 Å². The molecule has 132 valence electrons. The molecular formula is C19H17ClN4O2. The average molecular weight is 369 g/mol. The van der Waals surface area contributed by atoms with Crippen LogP contribution in [0.4, 0.5) is 17.2 Å². The SMILES string of the molecule is COc1cccc(Nc2ccc(C(=O)Nc3ccc(Cl)cc3C)nn2)c1. The van der Waals surface area contributed by atoms with Gasteiger partial charge in [-0.1, -0.05) is 17.7 Å². The van der Waals surface area contributed by atoms with Crippen molar-refractivity contribution in [3.8, 4) is 5.75 Å². The molecule has 0 spiro atoms. The van der Waals surface area contributed by atoms with E-state index in [2.05, 4.69) is 20.8 Å². The van der Waals surface area contributed by atoms with Crippen molar-refractivity contribution in [2.24, 2.45) is 0 Å². The van der Waals surface area contributed by atoms with Crippen LogP contribution in [0.5, 0.6) is 5.75 Å². The molecule has 26 heavy (non-hydrogen) atoms. The molecule has 3 rings (SSSR count). The average Bonchev–Trinajstić information content (AvgIpc) is 2.64. The maximum atomic E-state index is 12.3. The Labute approximate surface area is 156 Å². The van der Waals surface area contributed by atoms with Gasteiger partial charge in [0.25, 0.3) is 5.91 Å². The Balaban J connectivity index is 1.69. The van der Waals surface area contributed by atoms with Gasteiger partial charge in [0.15, 0.2) is 11.5 Å². The number of benzene rings is 2. The van der Waals surface area contributed by atoms with Crippen LogP contribution < -0.4 is 15.4 Å². The molecule has 3 aromatic rings. The van der Waals surface area contributed by atoms with E-state index in [1.54, 1.807) is 37.4 Å². The zero-order valence-electron chi connectivity index (χ0n) is 14.3. The molecule has 0 atom stereocenters. The molecule has 1 heterocycles. The van der Waals surface area contributed by atoms with E-state index in [-0.39, 0.29) is 11.6 Å². The summed E-state index contributed by atoms with van der Waals surface area (Å²) < 4.78 is 5.18. The van der Waals surface area contributed by atoms with Crippen LogP contribution in [-0.4, -0.2) is 23.2 Å². The maximum Gasteiger partial charge on any atom is 0.276 e. The summed E-state index contributed by atoms with van der Waals surface area (Å²) in [6.45, 7) is 1.87. The molecule has 0 saturated heterocycles. The summed E-state index contributed by atoms with van der Waals surface area (Å²) in [6, 6.07) is 16.0. The Morgan fingerprint density at radius 3 is 2.62 bits per heavy atom. The van der Waals surface area contributed by atoms with Gasteiger partial charge in [-0.3, -0.25) is 4.79 Å². The number of aromatic nitrogens is 2. The van der Waals surface area contributed by atoms with Gasteiger partial charge in [0.05, 0.1) is 7.11 Å². The summed E-state index contributed by atoms with van der Waals surface area (Å²) >= 11 is 5.92. The third-order valence-electron chi connectivity index (χ3n) is 3.68. The highest BCUT2D eigenvalue weighted by Gasteiger charge is 2.10. The second-order valence-corrected chi connectivity index (χ2v) is 6.01. The van der Waals surface area contributed by atoms with Gasteiger partial charge in [0.2, 0.25) is 0 Å². The predicted octanol–water partition coefficient (Wildman–Crippen LogP) is 4.44. The van der Waals surface area contributed by atoms with Gasteiger partial charge in [-0.05, 0) is 55.0 Å². The minimum atomic E-state index is -0.337. The minimum Gasteiger partial charge on any atom is -0.497 e. The molecule has 2 N–H and O–H groups in total. The first-order valence-corrected chi connectivity index (χ1v) is 8.25. The summed E-state index contributed by atoms with van der Waals surface area (Å²) in [4.78, 5) is 12.3. The first-order chi connectivity index (χ1) is 12.5. The highest BCUT2D eigenvalue weighted by atomic mass is 35.5. The second kappa shape index (κ2) is 7.84. The number of aryl methyl sites for hydroxylation is 1. The summed E-state index contributed by atoms with van der Waals surface area (Å²) in [5.74, 6) is 0.922. The van der Waals surface area contributed by atoms with Crippen molar-refractivity contribution < 1.29 is 9.53 Å². The lowest BCUT2D eigenvalue weighted by Crippen LogP contribution is -2.15. The van der Waals surface area contributed by atoms with Crippen LogP contribution in [0.2, 0.25) is 5.02 Å². The third kappa shape index (κ3) is 4.29. The highest BCUT2D eigenvalue weighted by molar-refractivity contribution is 6.30. The van der Waals surface area contributed by atoms with Crippen molar-refractivity contribution in [3.63, 3.8) is 0 Å². The fourth-order valence-corrected chi connectivity index (χ4v) is 2.55. The summed E-state index contributed by atoms with van der Waals surface area (Å²) in [5.41, 5.74) is 2.58. The smallest absolute Gasteiger partial charge is 0.276 e. The highest BCUT2D eigenvalue weighted by Crippen LogP contribution is 2.21. The minimum absolute atomic E-state index is 0.218.